The fourth-order valence-electron chi connectivity index (χ4n) is 4.76. The van der Waals surface area contributed by atoms with Gasteiger partial charge in [-0.3, -0.25) is 14.5 Å². The van der Waals surface area contributed by atoms with Crippen LogP contribution in [0.1, 0.15) is 58.4 Å². The van der Waals surface area contributed by atoms with Gasteiger partial charge in [0.25, 0.3) is 11.8 Å². The lowest BCUT2D eigenvalue weighted by molar-refractivity contribution is 0.0643. The summed E-state index contributed by atoms with van der Waals surface area (Å²) in [6, 6.07) is 17.3. The van der Waals surface area contributed by atoms with Crippen molar-refractivity contribution in [1.82, 2.24) is 9.62 Å². The number of nitrogens with zero attached hydrogens (tertiary/aromatic N) is 1. The fourth-order valence-corrected chi connectivity index (χ4v) is 6.28. The summed E-state index contributed by atoms with van der Waals surface area (Å²) < 4.78 is 29.3. The second-order valence-corrected chi connectivity index (χ2v) is 10.1. The molecule has 0 atom stereocenters. The fraction of sp³-hybridized carbons (Fsp3) is 0.280. The van der Waals surface area contributed by atoms with Gasteiger partial charge in [-0.25, -0.2) is 13.1 Å². The molecule has 5 rings (SSSR count). The molecule has 32 heavy (non-hydrogen) atoms. The summed E-state index contributed by atoms with van der Waals surface area (Å²) in [7, 11) is -3.69. The molecule has 2 amide bonds. The maximum Gasteiger partial charge on any atom is 0.261 e. The highest BCUT2D eigenvalue weighted by molar-refractivity contribution is 7.89. The van der Waals surface area contributed by atoms with Crippen molar-refractivity contribution in [3.8, 4) is 0 Å². The predicted molar refractivity (Wildman–Crippen MR) is 122 cm³/mol. The van der Waals surface area contributed by atoms with Crippen LogP contribution in [0.4, 0.5) is 0 Å². The van der Waals surface area contributed by atoms with E-state index in [0.717, 1.165) is 43.1 Å². The van der Waals surface area contributed by atoms with Crippen molar-refractivity contribution in [1.29, 1.82) is 0 Å². The number of rotatable bonds is 5. The van der Waals surface area contributed by atoms with E-state index in [1.807, 2.05) is 12.1 Å². The number of carbonyl (C=O) groups is 2. The number of amides is 2. The normalized spacial score (nSPS) is 17.2. The monoisotopic (exact) mass is 448 g/mol. The van der Waals surface area contributed by atoms with Crippen molar-refractivity contribution in [2.45, 2.75) is 49.6 Å². The summed E-state index contributed by atoms with van der Waals surface area (Å²) in [4.78, 5) is 27.0. The summed E-state index contributed by atoms with van der Waals surface area (Å²) in [6.07, 6.45) is 4.93. The van der Waals surface area contributed by atoms with Crippen molar-refractivity contribution >= 4 is 32.6 Å². The average molecular weight is 449 g/mol. The lowest BCUT2D eigenvalue weighted by Gasteiger charge is -2.23. The Hall–Kier alpha value is -3.03. The number of hydrogen-bond donors (Lipinski definition) is 1. The number of hydrogen-bond acceptors (Lipinski definition) is 4. The summed E-state index contributed by atoms with van der Waals surface area (Å²) in [6.45, 7) is 0.0865. The molecule has 7 heteroatoms. The van der Waals surface area contributed by atoms with Gasteiger partial charge >= 0.3 is 0 Å². The molecular formula is C25H24N2O4S. The van der Waals surface area contributed by atoms with E-state index in [9.17, 15) is 18.0 Å². The molecule has 0 aromatic heterocycles. The Kier molecular flexibility index (Phi) is 5.31. The predicted octanol–water partition coefficient (Wildman–Crippen LogP) is 4.25. The second kappa shape index (κ2) is 8.15. The third-order valence-corrected chi connectivity index (χ3v) is 7.98. The van der Waals surface area contributed by atoms with E-state index in [1.165, 1.54) is 4.90 Å². The topological polar surface area (TPSA) is 83.6 Å². The number of fused-ring (bicyclic) bond motifs is 2. The molecule has 6 nitrogen and oxygen atoms in total. The van der Waals surface area contributed by atoms with Crippen molar-refractivity contribution in [3.05, 3.63) is 77.4 Å². The third kappa shape index (κ3) is 3.61. The molecule has 0 bridgehead atoms. The molecule has 1 aliphatic heterocycles. The Labute approximate surface area is 187 Å². The van der Waals surface area contributed by atoms with Gasteiger partial charge in [0.2, 0.25) is 10.0 Å². The first-order valence-electron chi connectivity index (χ1n) is 10.9. The largest absolute Gasteiger partial charge is 0.270 e. The van der Waals surface area contributed by atoms with Crippen molar-refractivity contribution in [2.75, 3.05) is 0 Å². The highest BCUT2D eigenvalue weighted by Gasteiger charge is 2.35. The van der Waals surface area contributed by atoms with E-state index in [2.05, 4.69) is 4.72 Å². The van der Waals surface area contributed by atoms with Gasteiger partial charge < -0.3 is 0 Å². The van der Waals surface area contributed by atoms with Gasteiger partial charge in [0.1, 0.15) is 0 Å². The minimum absolute atomic E-state index is 0.0365. The molecular weight excluding hydrogens is 424 g/mol. The van der Waals surface area contributed by atoms with E-state index < -0.39 is 10.0 Å². The minimum atomic E-state index is -3.69. The zero-order valence-corrected chi connectivity index (χ0v) is 18.4. The lowest BCUT2D eigenvalue weighted by Crippen LogP contribution is -2.36. The van der Waals surface area contributed by atoms with Gasteiger partial charge in [0, 0.05) is 11.4 Å². The molecule has 0 saturated heterocycles. The van der Waals surface area contributed by atoms with Crippen LogP contribution in [0.25, 0.3) is 10.8 Å². The Morgan fingerprint density at radius 3 is 2.03 bits per heavy atom. The summed E-state index contributed by atoms with van der Waals surface area (Å²) in [5.74, 6) is -0.657. The number of benzene rings is 3. The first-order chi connectivity index (χ1) is 15.5. The van der Waals surface area contributed by atoms with Crippen LogP contribution in [0.15, 0.2) is 65.6 Å². The van der Waals surface area contributed by atoms with Crippen LogP contribution in [-0.4, -0.2) is 31.2 Å². The zero-order chi connectivity index (χ0) is 22.3. The zero-order valence-electron chi connectivity index (χ0n) is 17.6. The SMILES string of the molecule is O=C1c2ccccc2C(=O)N1Cc1ccc(S(=O)(=O)NC2CCCCC2)c2ccccc12. The van der Waals surface area contributed by atoms with Gasteiger partial charge in [-0.1, -0.05) is 61.7 Å². The van der Waals surface area contributed by atoms with Crippen LogP contribution in [0.5, 0.6) is 0 Å². The summed E-state index contributed by atoms with van der Waals surface area (Å²) in [5, 5.41) is 1.31. The second-order valence-electron chi connectivity index (χ2n) is 8.47. The van der Waals surface area contributed by atoms with Crippen LogP contribution in [-0.2, 0) is 16.6 Å². The lowest BCUT2D eigenvalue weighted by atomic mass is 9.96. The van der Waals surface area contributed by atoms with Gasteiger partial charge in [-0.15, -0.1) is 0 Å². The molecule has 1 N–H and O–H groups in total. The summed E-state index contributed by atoms with van der Waals surface area (Å²) in [5.41, 5.74) is 1.53. The Balaban J connectivity index is 1.49. The Morgan fingerprint density at radius 1 is 0.781 bits per heavy atom. The highest BCUT2D eigenvalue weighted by atomic mass is 32.2. The van der Waals surface area contributed by atoms with Crippen LogP contribution < -0.4 is 4.72 Å². The minimum Gasteiger partial charge on any atom is -0.270 e. The van der Waals surface area contributed by atoms with E-state index in [0.29, 0.717) is 16.5 Å². The third-order valence-electron chi connectivity index (χ3n) is 6.40. The number of imide groups is 1. The molecule has 0 spiro atoms. The van der Waals surface area contributed by atoms with Gasteiger partial charge in [0.05, 0.1) is 22.6 Å². The standard InChI is InChI=1S/C25H24N2O4S/c28-24-21-12-6-7-13-22(21)25(29)27(24)16-17-14-15-23(20-11-5-4-10-19(17)20)32(30,31)26-18-8-2-1-3-9-18/h4-7,10-15,18,26H,1-3,8-9,16H2. The molecule has 3 aromatic carbocycles. The molecule has 2 aliphatic rings. The number of carbonyl (C=O) groups excluding carboxylic acids is 2. The molecule has 3 aromatic rings. The summed E-state index contributed by atoms with van der Waals surface area (Å²) >= 11 is 0. The smallest absolute Gasteiger partial charge is 0.261 e. The van der Waals surface area contributed by atoms with Crippen LogP contribution in [0.2, 0.25) is 0 Å². The van der Waals surface area contributed by atoms with Crippen molar-refractivity contribution in [2.24, 2.45) is 0 Å². The molecule has 1 fully saturated rings. The highest BCUT2D eigenvalue weighted by Crippen LogP contribution is 2.31. The van der Waals surface area contributed by atoms with E-state index in [1.54, 1.807) is 48.5 Å². The molecule has 1 saturated carbocycles. The van der Waals surface area contributed by atoms with Crippen LogP contribution in [0.3, 0.4) is 0 Å². The quantitative estimate of drug-likeness (QED) is 0.592. The van der Waals surface area contributed by atoms with Crippen LogP contribution in [0, 0.1) is 0 Å². The van der Waals surface area contributed by atoms with E-state index in [4.69, 9.17) is 0 Å². The molecule has 164 valence electrons. The van der Waals surface area contributed by atoms with E-state index in [-0.39, 0.29) is 29.3 Å². The Bertz CT molecular complexity index is 1290. The molecule has 1 aliphatic carbocycles. The Morgan fingerprint density at radius 2 is 1.38 bits per heavy atom. The average Bonchev–Trinajstić information content (AvgIpc) is 3.04. The first-order valence-corrected chi connectivity index (χ1v) is 12.4. The molecule has 1 heterocycles. The first kappa shape index (κ1) is 20.8. The molecule has 0 unspecified atom stereocenters. The number of nitrogens with one attached hydrogen (secondary N) is 1. The van der Waals surface area contributed by atoms with Crippen molar-refractivity contribution in [3.63, 3.8) is 0 Å². The van der Waals surface area contributed by atoms with Gasteiger partial charge in [-0.2, -0.15) is 0 Å². The van der Waals surface area contributed by atoms with Crippen LogP contribution >= 0.6 is 0 Å². The van der Waals surface area contributed by atoms with Crippen molar-refractivity contribution < 1.29 is 18.0 Å². The van der Waals surface area contributed by atoms with Gasteiger partial charge in [-0.05, 0) is 42.0 Å². The maximum absolute atomic E-state index is 13.2. The number of sulfonamides is 1. The van der Waals surface area contributed by atoms with Gasteiger partial charge in [0.15, 0.2) is 0 Å². The van der Waals surface area contributed by atoms with E-state index >= 15 is 0 Å². The maximum atomic E-state index is 13.2. The molecule has 0 radical (unpaired) electrons.